The number of likely N-dealkylation sites (N-methyl/N-ethyl adjacent to an activating group) is 1. The summed E-state index contributed by atoms with van der Waals surface area (Å²) in [5.41, 5.74) is 2.80. The number of fused-ring (bicyclic) bond motifs is 3. The Kier molecular flexibility index (Phi) is 8.48. The van der Waals surface area contributed by atoms with Crippen molar-refractivity contribution in [2.45, 2.75) is 30.8 Å². The lowest BCUT2D eigenvalue weighted by molar-refractivity contribution is -0.150. The molecule has 1 unspecified atom stereocenters. The zero-order chi connectivity index (χ0) is 25.6. The second-order valence-electron chi connectivity index (χ2n) is 8.95. The average molecular weight is 484 g/mol. The molecule has 0 saturated carbocycles. The van der Waals surface area contributed by atoms with Crippen molar-refractivity contribution in [3.05, 3.63) is 59.7 Å². The maximum Gasteiger partial charge on any atom is 0.407 e. The highest BCUT2D eigenvalue weighted by Gasteiger charge is 2.40. The quantitative estimate of drug-likeness (QED) is 0.449. The van der Waals surface area contributed by atoms with Gasteiger partial charge >= 0.3 is 12.1 Å². The van der Waals surface area contributed by atoms with E-state index in [1.54, 1.807) is 25.9 Å². The summed E-state index contributed by atoms with van der Waals surface area (Å²) in [6.45, 7) is 1.70. The van der Waals surface area contributed by atoms with Crippen LogP contribution in [-0.4, -0.2) is 80.5 Å². The van der Waals surface area contributed by atoms with Crippen molar-refractivity contribution in [2.24, 2.45) is 0 Å². The SMILES string of the molecule is CCC(COC)(NC(=O)[C@H](CN(C)C)NC(=O)OCC1c2ccccc2-c2ccccc21)C(=O)O. The van der Waals surface area contributed by atoms with Gasteiger partial charge in [-0.05, 0) is 42.8 Å². The fraction of sp³-hybridized carbons (Fsp3) is 0.423. The van der Waals surface area contributed by atoms with Gasteiger partial charge in [0.25, 0.3) is 0 Å². The number of hydrogen-bond acceptors (Lipinski definition) is 6. The predicted molar refractivity (Wildman–Crippen MR) is 131 cm³/mol. The van der Waals surface area contributed by atoms with Crippen molar-refractivity contribution in [1.82, 2.24) is 15.5 Å². The second kappa shape index (κ2) is 11.3. The lowest BCUT2D eigenvalue weighted by atomic mass is 9.96. The zero-order valence-corrected chi connectivity index (χ0v) is 20.5. The Bertz CT molecular complexity index is 1030. The van der Waals surface area contributed by atoms with Gasteiger partial charge in [-0.3, -0.25) is 4.79 Å². The molecule has 9 heteroatoms. The van der Waals surface area contributed by atoms with Crippen molar-refractivity contribution in [3.8, 4) is 11.1 Å². The maximum absolute atomic E-state index is 13.0. The number of hydrogen-bond donors (Lipinski definition) is 3. The number of amides is 2. The molecular weight excluding hydrogens is 450 g/mol. The highest BCUT2D eigenvalue weighted by molar-refractivity contribution is 5.91. The van der Waals surface area contributed by atoms with Crippen LogP contribution in [-0.2, 0) is 19.1 Å². The smallest absolute Gasteiger partial charge is 0.407 e. The molecule has 1 aliphatic rings. The predicted octanol–water partition coefficient (Wildman–Crippen LogP) is 2.45. The molecular formula is C26H33N3O6. The van der Waals surface area contributed by atoms with Crippen molar-refractivity contribution in [3.63, 3.8) is 0 Å². The summed E-state index contributed by atoms with van der Waals surface area (Å²) in [5, 5.41) is 14.9. The number of rotatable bonds is 11. The fourth-order valence-corrected chi connectivity index (χ4v) is 4.40. The molecule has 2 aromatic rings. The van der Waals surface area contributed by atoms with E-state index in [4.69, 9.17) is 9.47 Å². The third-order valence-electron chi connectivity index (χ3n) is 6.27. The number of carbonyl (C=O) groups is 3. The monoisotopic (exact) mass is 483 g/mol. The summed E-state index contributed by atoms with van der Waals surface area (Å²) in [7, 11) is 4.87. The summed E-state index contributed by atoms with van der Waals surface area (Å²) in [6, 6.07) is 15.0. The molecule has 2 amide bonds. The number of nitrogens with one attached hydrogen (secondary N) is 2. The van der Waals surface area contributed by atoms with E-state index in [1.807, 2.05) is 48.5 Å². The van der Waals surface area contributed by atoms with E-state index in [2.05, 4.69) is 10.6 Å². The first-order chi connectivity index (χ1) is 16.7. The van der Waals surface area contributed by atoms with E-state index in [-0.39, 0.29) is 32.1 Å². The number of carboxylic acid groups (broad SMARTS) is 1. The Hall–Kier alpha value is -3.43. The van der Waals surface area contributed by atoms with Crippen LogP contribution < -0.4 is 10.6 Å². The first-order valence-electron chi connectivity index (χ1n) is 11.5. The maximum atomic E-state index is 13.0. The third-order valence-corrected chi connectivity index (χ3v) is 6.27. The van der Waals surface area contributed by atoms with Crippen molar-refractivity contribution >= 4 is 18.0 Å². The molecule has 188 valence electrons. The molecule has 9 nitrogen and oxygen atoms in total. The molecule has 35 heavy (non-hydrogen) atoms. The summed E-state index contributed by atoms with van der Waals surface area (Å²) in [4.78, 5) is 39.4. The Labute approximate surface area is 205 Å². The molecule has 0 heterocycles. The normalized spacial score (nSPS) is 15.0. The second-order valence-corrected chi connectivity index (χ2v) is 8.95. The molecule has 2 aromatic carbocycles. The van der Waals surface area contributed by atoms with E-state index in [0.29, 0.717) is 0 Å². The number of carboxylic acids is 1. The number of benzene rings is 2. The topological polar surface area (TPSA) is 117 Å². The Morgan fingerprint density at radius 2 is 1.63 bits per heavy atom. The molecule has 0 aliphatic heterocycles. The van der Waals surface area contributed by atoms with E-state index < -0.39 is 29.6 Å². The number of alkyl carbamates (subject to hydrolysis) is 1. The number of aliphatic carboxylic acids is 1. The van der Waals surface area contributed by atoms with Gasteiger partial charge in [0.1, 0.15) is 12.6 Å². The number of ether oxygens (including phenoxy) is 2. The summed E-state index contributed by atoms with van der Waals surface area (Å²) >= 11 is 0. The van der Waals surface area contributed by atoms with Gasteiger partial charge in [-0.25, -0.2) is 9.59 Å². The largest absolute Gasteiger partial charge is 0.479 e. The standard InChI is InChI=1S/C26H33N3O6/c1-5-26(16-34-4,24(31)32)28-23(30)22(14-29(2)3)27-25(33)35-15-21-19-12-8-6-10-17(19)18-11-7-9-13-20(18)21/h6-13,21-22H,5,14-16H2,1-4H3,(H,27,33)(H,28,30)(H,31,32)/t22-,26?/m0/s1. The van der Waals surface area contributed by atoms with Crippen LogP contribution in [0, 0.1) is 0 Å². The minimum absolute atomic E-state index is 0.105. The minimum atomic E-state index is -1.60. The Balaban J connectivity index is 1.70. The molecule has 0 bridgehead atoms. The Morgan fingerprint density at radius 1 is 1.06 bits per heavy atom. The first kappa shape index (κ1) is 26.2. The van der Waals surface area contributed by atoms with Crippen LogP contribution in [0.15, 0.2) is 48.5 Å². The van der Waals surface area contributed by atoms with Gasteiger partial charge in [0.05, 0.1) is 6.61 Å². The molecule has 3 rings (SSSR count). The minimum Gasteiger partial charge on any atom is -0.479 e. The number of nitrogens with zero attached hydrogens (tertiary/aromatic N) is 1. The van der Waals surface area contributed by atoms with E-state index in [9.17, 15) is 19.5 Å². The highest BCUT2D eigenvalue weighted by Crippen LogP contribution is 2.44. The van der Waals surface area contributed by atoms with E-state index in [1.165, 1.54) is 7.11 Å². The van der Waals surface area contributed by atoms with Crippen molar-refractivity contribution in [1.29, 1.82) is 0 Å². The van der Waals surface area contributed by atoms with Crippen LogP contribution in [0.5, 0.6) is 0 Å². The molecule has 0 saturated heterocycles. The fourth-order valence-electron chi connectivity index (χ4n) is 4.40. The number of methoxy groups -OCH3 is 1. The van der Waals surface area contributed by atoms with Crippen LogP contribution in [0.25, 0.3) is 11.1 Å². The molecule has 0 aromatic heterocycles. The lowest BCUT2D eigenvalue weighted by Crippen LogP contribution is -2.62. The Morgan fingerprint density at radius 3 is 2.11 bits per heavy atom. The average Bonchev–Trinajstić information content (AvgIpc) is 3.15. The van der Waals surface area contributed by atoms with Crippen molar-refractivity contribution < 1.29 is 29.0 Å². The summed E-state index contributed by atoms with van der Waals surface area (Å²) in [5.74, 6) is -1.95. The molecule has 2 atom stereocenters. The third kappa shape index (κ3) is 5.80. The van der Waals surface area contributed by atoms with E-state index in [0.717, 1.165) is 22.3 Å². The van der Waals surface area contributed by atoms with Gasteiger partial charge < -0.3 is 30.1 Å². The summed E-state index contributed by atoms with van der Waals surface area (Å²) < 4.78 is 10.6. The van der Waals surface area contributed by atoms with Crippen LogP contribution in [0.3, 0.4) is 0 Å². The van der Waals surface area contributed by atoms with Crippen LogP contribution in [0.4, 0.5) is 4.79 Å². The molecule has 0 fully saturated rings. The zero-order valence-electron chi connectivity index (χ0n) is 20.5. The molecule has 0 spiro atoms. The molecule has 3 N–H and O–H groups in total. The molecule has 0 radical (unpaired) electrons. The van der Waals surface area contributed by atoms with Crippen LogP contribution in [0.2, 0.25) is 0 Å². The lowest BCUT2D eigenvalue weighted by Gasteiger charge is -2.31. The highest BCUT2D eigenvalue weighted by atomic mass is 16.5. The number of carbonyl (C=O) groups excluding carboxylic acids is 2. The van der Waals surface area contributed by atoms with Gasteiger partial charge in [-0.1, -0.05) is 55.5 Å². The van der Waals surface area contributed by atoms with Gasteiger partial charge in [0.2, 0.25) is 5.91 Å². The van der Waals surface area contributed by atoms with Gasteiger partial charge in [0, 0.05) is 19.6 Å². The molecule has 1 aliphatic carbocycles. The van der Waals surface area contributed by atoms with E-state index >= 15 is 0 Å². The van der Waals surface area contributed by atoms with Gasteiger partial charge in [-0.2, -0.15) is 0 Å². The van der Waals surface area contributed by atoms with Crippen LogP contribution >= 0.6 is 0 Å². The summed E-state index contributed by atoms with van der Waals surface area (Å²) in [6.07, 6.45) is -0.639. The first-order valence-corrected chi connectivity index (χ1v) is 11.5. The van der Waals surface area contributed by atoms with Gasteiger partial charge in [0.15, 0.2) is 5.54 Å². The van der Waals surface area contributed by atoms with Crippen LogP contribution in [0.1, 0.15) is 30.4 Å². The van der Waals surface area contributed by atoms with Crippen molar-refractivity contribution in [2.75, 3.05) is 41.0 Å². The van der Waals surface area contributed by atoms with Gasteiger partial charge in [-0.15, -0.1) is 0 Å².